The summed E-state index contributed by atoms with van der Waals surface area (Å²) in [6.07, 6.45) is 4.77. The van der Waals surface area contributed by atoms with E-state index < -0.39 is 16.6 Å². The first-order valence-corrected chi connectivity index (χ1v) is 11.3. The third-order valence-corrected chi connectivity index (χ3v) is 8.22. The average molecular weight is 416 g/mol. The van der Waals surface area contributed by atoms with Gasteiger partial charge in [-0.1, -0.05) is 0 Å². The first-order valence-electron chi connectivity index (χ1n) is 9.83. The van der Waals surface area contributed by atoms with Crippen LogP contribution in [0.3, 0.4) is 0 Å². The summed E-state index contributed by atoms with van der Waals surface area (Å²) in [6.45, 7) is -2.06. The molecule has 9 heteroatoms. The molecule has 2 saturated heterocycles. The standard InChI is InChI=1S/C19H26F2N2O4S/c20-19(21)27-17-3-5-18(6-4-17)28(25,26)23-14-1-2-15(23)10-13(9-14)22-11-12-7-16(24)8-12/h3-6,12-16,19,22,24H,1-2,7-11H2/t12-,13-,14-,15+,16+. The molecule has 4 rings (SSSR count). The Morgan fingerprint density at radius 1 is 1.11 bits per heavy atom. The zero-order chi connectivity index (χ0) is 19.9. The van der Waals surface area contributed by atoms with Crippen molar-refractivity contribution >= 4 is 10.0 Å². The molecule has 0 unspecified atom stereocenters. The Bertz CT molecular complexity index is 770. The molecule has 2 aliphatic heterocycles. The number of piperidine rings is 1. The normalized spacial score (nSPS) is 33.1. The Labute approximate surface area is 163 Å². The lowest BCUT2D eigenvalue weighted by Crippen LogP contribution is -2.52. The van der Waals surface area contributed by atoms with Crippen LogP contribution in [0.15, 0.2) is 29.2 Å². The highest BCUT2D eigenvalue weighted by Crippen LogP contribution is 2.40. The molecule has 3 atom stereocenters. The molecule has 1 saturated carbocycles. The van der Waals surface area contributed by atoms with E-state index in [4.69, 9.17) is 0 Å². The van der Waals surface area contributed by atoms with Gasteiger partial charge in [0.1, 0.15) is 5.75 Å². The molecule has 2 heterocycles. The molecule has 0 amide bonds. The molecule has 6 nitrogen and oxygen atoms in total. The summed E-state index contributed by atoms with van der Waals surface area (Å²) in [5.74, 6) is 0.462. The van der Waals surface area contributed by atoms with Gasteiger partial charge in [-0.05, 0) is 75.3 Å². The van der Waals surface area contributed by atoms with Crippen molar-refractivity contribution in [2.45, 2.75) is 74.3 Å². The van der Waals surface area contributed by atoms with Crippen LogP contribution < -0.4 is 10.1 Å². The Hall–Kier alpha value is -1.29. The van der Waals surface area contributed by atoms with Crippen LogP contribution in [0.25, 0.3) is 0 Å². The topological polar surface area (TPSA) is 78.9 Å². The van der Waals surface area contributed by atoms with E-state index in [1.807, 2.05) is 0 Å². The summed E-state index contributed by atoms with van der Waals surface area (Å²) < 4.78 is 56.8. The Kier molecular flexibility index (Phi) is 5.61. The third-order valence-electron chi connectivity index (χ3n) is 6.20. The van der Waals surface area contributed by atoms with Gasteiger partial charge in [-0.15, -0.1) is 0 Å². The van der Waals surface area contributed by atoms with Crippen LogP contribution in [0.2, 0.25) is 0 Å². The Morgan fingerprint density at radius 2 is 1.71 bits per heavy atom. The fourth-order valence-corrected chi connectivity index (χ4v) is 6.70. The van der Waals surface area contributed by atoms with E-state index in [-0.39, 0.29) is 28.8 Å². The number of aliphatic hydroxyl groups is 1. The zero-order valence-electron chi connectivity index (χ0n) is 15.5. The van der Waals surface area contributed by atoms with Crippen LogP contribution in [0.5, 0.6) is 5.75 Å². The maximum absolute atomic E-state index is 13.1. The minimum atomic E-state index is -3.67. The molecule has 0 spiro atoms. The Morgan fingerprint density at radius 3 is 2.25 bits per heavy atom. The number of rotatable bonds is 7. The molecule has 1 aromatic rings. The fourth-order valence-electron chi connectivity index (χ4n) is 4.81. The van der Waals surface area contributed by atoms with Crippen molar-refractivity contribution in [3.8, 4) is 5.75 Å². The van der Waals surface area contributed by atoms with Gasteiger partial charge in [-0.25, -0.2) is 8.42 Å². The van der Waals surface area contributed by atoms with Crippen molar-refractivity contribution in [2.24, 2.45) is 5.92 Å². The largest absolute Gasteiger partial charge is 0.435 e. The molecule has 3 aliphatic rings. The zero-order valence-corrected chi connectivity index (χ0v) is 16.3. The number of nitrogens with one attached hydrogen (secondary N) is 1. The number of hydrogen-bond acceptors (Lipinski definition) is 5. The summed E-state index contributed by atoms with van der Waals surface area (Å²) in [4.78, 5) is 0.112. The molecule has 1 aromatic carbocycles. The molecule has 3 fully saturated rings. The number of halogens is 2. The van der Waals surface area contributed by atoms with E-state index in [0.29, 0.717) is 12.0 Å². The van der Waals surface area contributed by atoms with E-state index in [0.717, 1.165) is 45.1 Å². The summed E-state index contributed by atoms with van der Waals surface area (Å²) >= 11 is 0. The quantitative estimate of drug-likeness (QED) is 0.713. The van der Waals surface area contributed by atoms with Gasteiger partial charge in [0.05, 0.1) is 11.0 Å². The third kappa shape index (κ3) is 4.03. The van der Waals surface area contributed by atoms with Gasteiger partial charge in [0, 0.05) is 18.1 Å². The first kappa shape index (κ1) is 20.0. The molecule has 0 radical (unpaired) electrons. The number of nitrogens with zero attached hydrogens (tertiary/aromatic N) is 1. The van der Waals surface area contributed by atoms with Crippen LogP contribution >= 0.6 is 0 Å². The highest BCUT2D eigenvalue weighted by Gasteiger charge is 2.47. The number of sulfonamides is 1. The molecule has 0 aromatic heterocycles. The number of alkyl halides is 2. The molecule has 156 valence electrons. The van der Waals surface area contributed by atoms with Crippen molar-refractivity contribution < 1.29 is 27.0 Å². The second-order valence-corrected chi connectivity index (χ2v) is 9.98. The molecule has 2 bridgehead atoms. The van der Waals surface area contributed by atoms with Crippen LogP contribution in [-0.2, 0) is 10.0 Å². The SMILES string of the molecule is O=S(=O)(c1ccc(OC(F)F)cc1)N1[C@@H]2CC[C@H]1C[C@H](NC[C@H]1C[C@@H](O)C1)C2. The molecule has 2 N–H and O–H groups in total. The molecule has 1 aliphatic carbocycles. The van der Waals surface area contributed by atoms with Crippen molar-refractivity contribution in [1.82, 2.24) is 9.62 Å². The summed E-state index contributed by atoms with van der Waals surface area (Å²) in [5.41, 5.74) is 0. The monoisotopic (exact) mass is 416 g/mol. The fraction of sp³-hybridized carbons (Fsp3) is 0.684. The summed E-state index contributed by atoms with van der Waals surface area (Å²) in [5, 5.41) is 13.0. The minimum Gasteiger partial charge on any atom is -0.435 e. The van der Waals surface area contributed by atoms with E-state index in [1.165, 1.54) is 24.3 Å². The van der Waals surface area contributed by atoms with Gasteiger partial charge >= 0.3 is 6.61 Å². The van der Waals surface area contributed by atoms with Gasteiger partial charge in [0.2, 0.25) is 10.0 Å². The maximum atomic E-state index is 13.1. The number of ether oxygens (including phenoxy) is 1. The van der Waals surface area contributed by atoms with E-state index in [2.05, 4.69) is 10.1 Å². The smallest absolute Gasteiger partial charge is 0.387 e. The summed E-state index contributed by atoms with van der Waals surface area (Å²) in [6, 6.07) is 5.42. The van der Waals surface area contributed by atoms with Crippen LogP contribution in [-0.4, -0.2) is 55.2 Å². The predicted molar refractivity (Wildman–Crippen MR) is 98.7 cm³/mol. The predicted octanol–water partition coefficient (Wildman–Crippen LogP) is 2.33. The lowest BCUT2D eigenvalue weighted by atomic mass is 9.82. The van der Waals surface area contributed by atoms with Crippen LogP contribution in [0, 0.1) is 5.92 Å². The summed E-state index contributed by atoms with van der Waals surface area (Å²) in [7, 11) is -3.67. The van der Waals surface area contributed by atoms with Gasteiger partial charge in [-0.2, -0.15) is 13.1 Å². The van der Waals surface area contributed by atoms with Crippen LogP contribution in [0.4, 0.5) is 8.78 Å². The first-order chi connectivity index (χ1) is 13.3. The van der Waals surface area contributed by atoms with Crippen LogP contribution in [0.1, 0.15) is 38.5 Å². The Balaban J connectivity index is 1.40. The number of benzene rings is 1. The number of aliphatic hydroxyl groups excluding tert-OH is 1. The second-order valence-electron chi connectivity index (χ2n) is 8.14. The number of hydrogen-bond donors (Lipinski definition) is 2. The van der Waals surface area contributed by atoms with Crippen molar-refractivity contribution in [3.63, 3.8) is 0 Å². The highest BCUT2D eigenvalue weighted by atomic mass is 32.2. The lowest BCUT2D eigenvalue weighted by Gasteiger charge is -2.40. The van der Waals surface area contributed by atoms with Crippen molar-refractivity contribution in [1.29, 1.82) is 0 Å². The maximum Gasteiger partial charge on any atom is 0.387 e. The number of fused-ring (bicyclic) bond motifs is 2. The van der Waals surface area contributed by atoms with E-state index in [1.54, 1.807) is 4.31 Å². The van der Waals surface area contributed by atoms with Gasteiger partial charge in [0.25, 0.3) is 0 Å². The highest BCUT2D eigenvalue weighted by molar-refractivity contribution is 7.89. The minimum absolute atomic E-state index is 0.0368. The second kappa shape index (κ2) is 7.85. The van der Waals surface area contributed by atoms with Gasteiger partial charge < -0.3 is 15.2 Å². The van der Waals surface area contributed by atoms with E-state index >= 15 is 0 Å². The molecular formula is C19H26F2N2O4S. The van der Waals surface area contributed by atoms with Gasteiger partial charge in [0.15, 0.2) is 0 Å². The van der Waals surface area contributed by atoms with Crippen molar-refractivity contribution in [2.75, 3.05) is 6.54 Å². The molecule has 28 heavy (non-hydrogen) atoms. The lowest BCUT2D eigenvalue weighted by molar-refractivity contribution is -0.0498. The average Bonchev–Trinajstić information content (AvgIpc) is 2.90. The van der Waals surface area contributed by atoms with Gasteiger partial charge in [-0.3, -0.25) is 0 Å². The van der Waals surface area contributed by atoms with Crippen molar-refractivity contribution in [3.05, 3.63) is 24.3 Å². The molecular weight excluding hydrogens is 390 g/mol. The van der Waals surface area contributed by atoms with E-state index in [9.17, 15) is 22.3 Å².